The second-order valence-electron chi connectivity index (χ2n) is 8.51. The number of hydrogen-bond acceptors (Lipinski definition) is 5. The highest BCUT2D eigenvalue weighted by molar-refractivity contribution is 8.06. The SMILES string of the molecule is CC(C)C(=O)N1CCN(C(=O)/C(C#N)=C2\SC=C(c3ccc(Cl)cc3)N2c2cccc(Cl)c2)CC1. The predicted molar refractivity (Wildman–Crippen MR) is 142 cm³/mol. The summed E-state index contributed by atoms with van der Waals surface area (Å²) in [6, 6.07) is 16.8. The van der Waals surface area contributed by atoms with Crippen molar-refractivity contribution in [1.29, 1.82) is 5.26 Å². The third-order valence-corrected chi connectivity index (χ3v) is 7.28. The van der Waals surface area contributed by atoms with Crippen molar-refractivity contribution >= 4 is 58.2 Å². The molecule has 2 aliphatic heterocycles. The molecule has 0 bridgehead atoms. The van der Waals surface area contributed by atoms with E-state index in [1.165, 1.54) is 11.8 Å². The van der Waals surface area contributed by atoms with Gasteiger partial charge in [-0.3, -0.25) is 9.59 Å². The van der Waals surface area contributed by atoms with E-state index in [1.54, 1.807) is 34.1 Å². The second-order valence-corrected chi connectivity index (χ2v) is 10.2. The van der Waals surface area contributed by atoms with Crippen LogP contribution in [0.25, 0.3) is 5.70 Å². The van der Waals surface area contributed by atoms with Crippen molar-refractivity contribution in [3.05, 3.63) is 80.1 Å². The third kappa shape index (κ3) is 5.35. The number of rotatable bonds is 4. The van der Waals surface area contributed by atoms with Gasteiger partial charge in [-0.2, -0.15) is 5.26 Å². The molecule has 2 amide bonds. The minimum absolute atomic E-state index is 0.0545. The van der Waals surface area contributed by atoms with Crippen molar-refractivity contribution in [3.63, 3.8) is 0 Å². The number of piperazine rings is 1. The van der Waals surface area contributed by atoms with Crippen LogP contribution >= 0.6 is 35.0 Å². The maximum absolute atomic E-state index is 13.5. The van der Waals surface area contributed by atoms with Crippen molar-refractivity contribution in [1.82, 2.24) is 9.80 Å². The van der Waals surface area contributed by atoms with Crippen molar-refractivity contribution in [2.75, 3.05) is 31.1 Å². The minimum Gasteiger partial charge on any atom is -0.339 e. The summed E-state index contributed by atoms with van der Waals surface area (Å²) >= 11 is 13.7. The van der Waals surface area contributed by atoms with Gasteiger partial charge >= 0.3 is 0 Å². The smallest absolute Gasteiger partial charge is 0.267 e. The normalized spacial score (nSPS) is 17.4. The van der Waals surface area contributed by atoms with Crippen LogP contribution in [-0.2, 0) is 9.59 Å². The van der Waals surface area contributed by atoms with Crippen molar-refractivity contribution in [2.24, 2.45) is 5.92 Å². The van der Waals surface area contributed by atoms with Gasteiger partial charge in [0.1, 0.15) is 16.7 Å². The van der Waals surface area contributed by atoms with E-state index in [0.717, 1.165) is 16.9 Å². The molecule has 0 saturated carbocycles. The minimum atomic E-state index is -0.343. The number of nitrogens with zero attached hydrogens (tertiary/aromatic N) is 4. The topological polar surface area (TPSA) is 67.6 Å². The van der Waals surface area contributed by atoms with Crippen molar-refractivity contribution < 1.29 is 9.59 Å². The third-order valence-electron chi connectivity index (χ3n) is 5.84. The Labute approximate surface area is 219 Å². The Bertz CT molecular complexity index is 1240. The van der Waals surface area contributed by atoms with Crippen LogP contribution in [0, 0.1) is 17.2 Å². The Morgan fingerprint density at radius 1 is 0.971 bits per heavy atom. The van der Waals surface area contributed by atoms with Crippen LogP contribution in [0.3, 0.4) is 0 Å². The molecule has 2 aromatic carbocycles. The summed E-state index contributed by atoms with van der Waals surface area (Å²) in [4.78, 5) is 31.1. The van der Waals surface area contributed by atoms with E-state index in [4.69, 9.17) is 23.2 Å². The Hall–Kier alpha value is -2.92. The molecular formula is C26H24Cl2N4O2S. The van der Waals surface area contributed by atoms with Gasteiger partial charge in [0.15, 0.2) is 0 Å². The van der Waals surface area contributed by atoms with E-state index >= 15 is 0 Å². The first-order valence-corrected chi connectivity index (χ1v) is 12.8. The summed E-state index contributed by atoms with van der Waals surface area (Å²) in [6.45, 7) is 5.41. The highest BCUT2D eigenvalue weighted by Gasteiger charge is 2.33. The van der Waals surface area contributed by atoms with E-state index in [1.807, 2.05) is 48.4 Å². The van der Waals surface area contributed by atoms with Crippen LogP contribution in [0.2, 0.25) is 10.0 Å². The first kappa shape index (κ1) is 25.2. The highest BCUT2D eigenvalue weighted by atomic mass is 35.5. The standard InChI is InChI=1S/C26H24Cl2N4O2S/c1-17(2)24(33)30-10-12-31(13-11-30)25(34)22(15-29)26-32(21-5-3-4-20(28)14-21)23(16-35-26)18-6-8-19(27)9-7-18/h3-9,14,16-17H,10-13H2,1-2H3/b26-22-. The molecule has 4 rings (SSSR count). The molecule has 35 heavy (non-hydrogen) atoms. The first-order valence-electron chi connectivity index (χ1n) is 11.2. The van der Waals surface area contributed by atoms with Gasteiger partial charge in [-0.1, -0.05) is 67.0 Å². The summed E-state index contributed by atoms with van der Waals surface area (Å²) in [5.74, 6) is -0.358. The molecule has 0 radical (unpaired) electrons. The average Bonchev–Trinajstić information content (AvgIpc) is 3.29. The van der Waals surface area contributed by atoms with Crippen molar-refractivity contribution in [3.8, 4) is 6.07 Å². The van der Waals surface area contributed by atoms with Crippen LogP contribution in [-0.4, -0.2) is 47.8 Å². The molecule has 0 spiro atoms. The lowest BCUT2D eigenvalue weighted by Gasteiger charge is -2.36. The van der Waals surface area contributed by atoms with Gasteiger partial charge in [-0.05, 0) is 35.9 Å². The van der Waals surface area contributed by atoms with Gasteiger partial charge in [-0.15, -0.1) is 0 Å². The zero-order chi connectivity index (χ0) is 25.1. The lowest BCUT2D eigenvalue weighted by molar-refractivity contribution is -0.139. The molecule has 9 heteroatoms. The van der Waals surface area contributed by atoms with Crippen LogP contribution in [0.1, 0.15) is 19.4 Å². The molecular weight excluding hydrogens is 503 g/mol. The van der Waals surface area contributed by atoms with Crippen molar-refractivity contribution in [2.45, 2.75) is 13.8 Å². The van der Waals surface area contributed by atoms with Gasteiger partial charge in [0, 0.05) is 53.2 Å². The molecule has 0 aromatic heterocycles. The molecule has 2 aromatic rings. The van der Waals surface area contributed by atoms with Gasteiger partial charge in [-0.25, -0.2) is 0 Å². The second kappa shape index (κ2) is 10.8. The number of benzene rings is 2. The monoisotopic (exact) mass is 526 g/mol. The molecule has 1 fully saturated rings. The number of hydrogen-bond donors (Lipinski definition) is 0. The average molecular weight is 527 g/mol. The fraction of sp³-hybridized carbons (Fsp3) is 0.269. The summed E-state index contributed by atoms with van der Waals surface area (Å²) in [5, 5.41) is 13.7. The largest absolute Gasteiger partial charge is 0.339 e. The van der Waals surface area contributed by atoms with E-state index in [2.05, 4.69) is 6.07 Å². The summed E-state index contributed by atoms with van der Waals surface area (Å²) in [6.07, 6.45) is 0. The zero-order valence-corrected chi connectivity index (χ0v) is 21.7. The molecule has 0 atom stereocenters. The number of anilines is 1. The lowest BCUT2D eigenvalue weighted by Crippen LogP contribution is -2.52. The fourth-order valence-corrected chi connectivity index (χ4v) is 5.36. The predicted octanol–water partition coefficient (Wildman–Crippen LogP) is 5.61. The summed E-state index contributed by atoms with van der Waals surface area (Å²) in [7, 11) is 0. The van der Waals surface area contributed by atoms with Gasteiger partial charge < -0.3 is 14.7 Å². The highest BCUT2D eigenvalue weighted by Crippen LogP contribution is 2.45. The van der Waals surface area contributed by atoms with Crippen LogP contribution in [0.4, 0.5) is 5.69 Å². The maximum Gasteiger partial charge on any atom is 0.267 e. The van der Waals surface area contributed by atoms with E-state index < -0.39 is 0 Å². The molecule has 1 saturated heterocycles. The summed E-state index contributed by atoms with van der Waals surface area (Å²) in [5.41, 5.74) is 2.50. The Morgan fingerprint density at radius 2 is 1.63 bits per heavy atom. The maximum atomic E-state index is 13.5. The lowest BCUT2D eigenvalue weighted by atomic mass is 10.1. The molecule has 6 nitrogen and oxygen atoms in total. The zero-order valence-electron chi connectivity index (χ0n) is 19.4. The van der Waals surface area contributed by atoms with Gasteiger partial charge in [0.2, 0.25) is 5.91 Å². The van der Waals surface area contributed by atoms with Crippen LogP contribution in [0.5, 0.6) is 0 Å². The first-order chi connectivity index (χ1) is 16.8. The fourth-order valence-electron chi connectivity index (χ4n) is 4.03. The van der Waals surface area contributed by atoms with Crippen LogP contribution < -0.4 is 4.90 Å². The van der Waals surface area contributed by atoms with E-state index in [0.29, 0.717) is 41.3 Å². The number of nitriles is 1. The Morgan fingerprint density at radius 3 is 2.23 bits per heavy atom. The number of thioether (sulfide) groups is 1. The molecule has 2 heterocycles. The van der Waals surface area contributed by atoms with Crippen LogP contribution in [0.15, 0.2) is 64.5 Å². The van der Waals surface area contributed by atoms with Gasteiger partial charge in [0.25, 0.3) is 5.91 Å². The molecule has 0 N–H and O–H groups in total. The Balaban J connectivity index is 1.67. The number of carbonyl (C=O) groups excluding carboxylic acids is 2. The quantitative estimate of drug-likeness (QED) is 0.382. The number of amides is 2. The molecule has 2 aliphatic rings. The molecule has 180 valence electrons. The van der Waals surface area contributed by atoms with Gasteiger partial charge in [0.05, 0.1) is 5.70 Å². The number of carbonyl (C=O) groups is 2. The molecule has 0 aliphatic carbocycles. The number of halogens is 2. The molecule has 0 unspecified atom stereocenters. The summed E-state index contributed by atoms with van der Waals surface area (Å²) < 4.78 is 0. The Kier molecular flexibility index (Phi) is 7.75. The van der Waals surface area contributed by atoms with E-state index in [9.17, 15) is 14.9 Å². The van der Waals surface area contributed by atoms with E-state index in [-0.39, 0.29) is 23.3 Å².